The summed E-state index contributed by atoms with van der Waals surface area (Å²) in [6.07, 6.45) is 5.13. The van der Waals surface area contributed by atoms with Gasteiger partial charge in [0.25, 0.3) is 0 Å². The van der Waals surface area contributed by atoms with Crippen LogP contribution in [0.4, 0.5) is 0 Å². The zero-order valence-corrected chi connectivity index (χ0v) is 13.2. The Balaban J connectivity index is 1.88. The van der Waals surface area contributed by atoms with Gasteiger partial charge in [0, 0.05) is 12.6 Å². The molecule has 1 aromatic carbocycles. The fraction of sp³-hybridized carbons (Fsp3) is 0.647. The molecule has 1 N–H and O–H groups in total. The fourth-order valence-corrected chi connectivity index (χ4v) is 2.81. The van der Waals surface area contributed by atoms with Gasteiger partial charge < -0.3 is 14.8 Å². The molecule has 1 aromatic rings. The summed E-state index contributed by atoms with van der Waals surface area (Å²) in [6.45, 7) is 5.76. The number of nitrogens with one attached hydrogen (secondary N) is 1. The highest BCUT2D eigenvalue weighted by Crippen LogP contribution is 2.39. The van der Waals surface area contributed by atoms with Crippen LogP contribution in [0.1, 0.15) is 38.7 Å². The average Bonchev–Trinajstić information content (AvgIpc) is 2.43. The molecule has 0 bridgehead atoms. The lowest BCUT2D eigenvalue weighted by Gasteiger charge is -2.39. The monoisotopic (exact) mass is 277 g/mol. The quantitative estimate of drug-likeness (QED) is 0.828. The molecule has 2 rings (SSSR count). The summed E-state index contributed by atoms with van der Waals surface area (Å²) >= 11 is 0. The first-order valence-corrected chi connectivity index (χ1v) is 7.50. The van der Waals surface area contributed by atoms with Crippen molar-refractivity contribution in [1.29, 1.82) is 0 Å². The van der Waals surface area contributed by atoms with Crippen molar-refractivity contribution in [2.75, 3.05) is 20.8 Å². The highest BCUT2D eigenvalue weighted by Gasteiger charge is 2.31. The maximum Gasteiger partial charge on any atom is 0.160 e. The van der Waals surface area contributed by atoms with Crippen LogP contribution < -0.4 is 14.8 Å². The largest absolute Gasteiger partial charge is 0.493 e. The Bertz CT molecular complexity index is 441. The zero-order chi connectivity index (χ0) is 14.6. The number of hydrogen-bond acceptors (Lipinski definition) is 3. The van der Waals surface area contributed by atoms with Crippen molar-refractivity contribution in [2.45, 2.75) is 45.6 Å². The van der Waals surface area contributed by atoms with Crippen LogP contribution in [0, 0.1) is 5.41 Å². The summed E-state index contributed by atoms with van der Waals surface area (Å²) in [4.78, 5) is 0. The normalized spacial score (nSPS) is 18.2. The third kappa shape index (κ3) is 3.66. The predicted molar refractivity (Wildman–Crippen MR) is 82.7 cm³/mol. The minimum Gasteiger partial charge on any atom is -0.493 e. The van der Waals surface area contributed by atoms with Gasteiger partial charge in [-0.15, -0.1) is 0 Å². The van der Waals surface area contributed by atoms with Gasteiger partial charge in [-0.1, -0.05) is 19.4 Å². The molecule has 1 unspecified atom stereocenters. The molecule has 112 valence electrons. The maximum absolute atomic E-state index is 5.35. The van der Waals surface area contributed by atoms with Gasteiger partial charge in [0.05, 0.1) is 14.2 Å². The molecule has 1 atom stereocenters. The van der Waals surface area contributed by atoms with Crippen LogP contribution in [0.15, 0.2) is 18.2 Å². The minimum absolute atomic E-state index is 0.477. The molecule has 3 heteroatoms. The lowest BCUT2D eigenvalue weighted by atomic mass is 9.70. The molecule has 0 aliphatic heterocycles. The van der Waals surface area contributed by atoms with E-state index in [0.717, 1.165) is 24.5 Å². The van der Waals surface area contributed by atoms with Crippen molar-refractivity contribution in [3.05, 3.63) is 23.8 Å². The lowest BCUT2D eigenvalue weighted by Crippen LogP contribution is -2.41. The maximum atomic E-state index is 5.35. The smallest absolute Gasteiger partial charge is 0.160 e. The second kappa shape index (κ2) is 6.49. The number of hydrogen-bond donors (Lipinski definition) is 1. The highest BCUT2D eigenvalue weighted by atomic mass is 16.5. The topological polar surface area (TPSA) is 30.5 Å². The van der Waals surface area contributed by atoms with Gasteiger partial charge in [0.1, 0.15) is 0 Å². The van der Waals surface area contributed by atoms with Gasteiger partial charge in [-0.05, 0) is 49.3 Å². The van der Waals surface area contributed by atoms with E-state index < -0.39 is 0 Å². The standard InChI is InChI=1S/C17H27NO2/c1-13(18-12-17(2)8-5-9-17)10-14-6-7-15(19-3)16(11-14)20-4/h6-7,11,13,18H,5,8-10,12H2,1-4H3. The SMILES string of the molecule is COc1ccc(CC(C)NCC2(C)CCC2)cc1OC. The molecule has 0 aromatic heterocycles. The molecule has 0 heterocycles. The van der Waals surface area contributed by atoms with Crippen LogP contribution in [0.2, 0.25) is 0 Å². The van der Waals surface area contributed by atoms with E-state index in [1.54, 1.807) is 14.2 Å². The van der Waals surface area contributed by atoms with Gasteiger partial charge in [-0.25, -0.2) is 0 Å². The van der Waals surface area contributed by atoms with E-state index >= 15 is 0 Å². The molecule has 0 saturated heterocycles. The third-order valence-corrected chi connectivity index (χ3v) is 4.43. The van der Waals surface area contributed by atoms with Crippen molar-refractivity contribution in [1.82, 2.24) is 5.32 Å². The molecule has 20 heavy (non-hydrogen) atoms. The van der Waals surface area contributed by atoms with E-state index in [1.165, 1.54) is 24.8 Å². The van der Waals surface area contributed by atoms with Gasteiger partial charge in [0.2, 0.25) is 0 Å². The average molecular weight is 277 g/mol. The van der Waals surface area contributed by atoms with E-state index in [2.05, 4.69) is 31.3 Å². The zero-order valence-electron chi connectivity index (χ0n) is 13.2. The van der Waals surface area contributed by atoms with Crippen molar-refractivity contribution in [3.63, 3.8) is 0 Å². The van der Waals surface area contributed by atoms with Crippen LogP contribution in [0.25, 0.3) is 0 Å². The molecular weight excluding hydrogens is 250 g/mol. The van der Waals surface area contributed by atoms with Crippen LogP contribution >= 0.6 is 0 Å². The number of methoxy groups -OCH3 is 2. The number of ether oxygens (including phenoxy) is 2. The van der Waals surface area contributed by atoms with Crippen molar-refractivity contribution in [2.24, 2.45) is 5.41 Å². The molecule has 0 amide bonds. The summed E-state index contributed by atoms with van der Waals surface area (Å²) in [5.41, 5.74) is 1.81. The van der Waals surface area contributed by atoms with Gasteiger partial charge in [-0.2, -0.15) is 0 Å². The lowest BCUT2D eigenvalue weighted by molar-refractivity contribution is 0.152. The molecule has 1 fully saturated rings. The predicted octanol–water partition coefficient (Wildman–Crippen LogP) is 3.41. The summed E-state index contributed by atoms with van der Waals surface area (Å²) in [5.74, 6) is 1.60. The molecule has 1 aliphatic rings. The van der Waals surface area contributed by atoms with Crippen LogP contribution in [-0.4, -0.2) is 26.8 Å². The second-order valence-corrected chi connectivity index (χ2v) is 6.34. The summed E-state index contributed by atoms with van der Waals surface area (Å²) in [6, 6.07) is 6.64. The Morgan fingerprint density at radius 2 is 1.90 bits per heavy atom. The van der Waals surface area contributed by atoms with E-state index in [1.807, 2.05) is 6.07 Å². The summed E-state index contributed by atoms with van der Waals surface area (Å²) < 4.78 is 10.6. The first-order valence-electron chi connectivity index (χ1n) is 7.50. The number of benzene rings is 1. The van der Waals surface area contributed by atoms with Gasteiger partial charge >= 0.3 is 0 Å². The Labute approximate surface area is 122 Å². The third-order valence-electron chi connectivity index (χ3n) is 4.43. The van der Waals surface area contributed by atoms with E-state index in [0.29, 0.717) is 11.5 Å². The fourth-order valence-electron chi connectivity index (χ4n) is 2.81. The Kier molecular flexibility index (Phi) is 4.92. The summed E-state index contributed by atoms with van der Waals surface area (Å²) in [5, 5.41) is 3.67. The van der Waals surface area contributed by atoms with Crippen LogP contribution in [0.3, 0.4) is 0 Å². The van der Waals surface area contributed by atoms with Crippen LogP contribution in [-0.2, 0) is 6.42 Å². The molecule has 3 nitrogen and oxygen atoms in total. The Morgan fingerprint density at radius 3 is 2.45 bits per heavy atom. The van der Waals surface area contributed by atoms with E-state index in [4.69, 9.17) is 9.47 Å². The molecule has 1 aliphatic carbocycles. The molecule has 1 saturated carbocycles. The molecule has 0 spiro atoms. The van der Waals surface area contributed by atoms with Crippen molar-refractivity contribution in [3.8, 4) is 11.5 Å². The first kappa shape index (κ1) is 15.2. The van der Waals surface area contributed by atoms with Gasteiger partial charge in [0.15, 0.2) is 11.5 Å². The Hall–Kier alpha value is -1.22. The van der Waals surface area contributed by atoms with E-state index in [9.17, 15) is 0 Å². The van der Waals surface area contributed by atoms with Crippen molar-refractivity contribution >= 4 is 0 Å². The molecule has 0 radical (unpaired) electrons. The highest BCUT2D eigenvalue weighted by molar-refractivity contribution is 5.43. The Morgan fingerprint density at radius 1 is 1.20 bits per heavy atom. The molecular formula is C17H27NO2. The number of rotatable bonds is 7. The van der Waals surface area contributed by atoms with E-state index in [-0.39, 0.29) is 0 Å². The first-order chi connectivity index (χ1) is 9.56. The summed E-state index contributed by atoms with van der Waals surface area (Å²) in [7, 11) is 3.35. The second-order valence-electron chi connectivity index (χ2n) is 6.34. The minimum atomic E-state index is 0.477. The van der Waals surface area contributed by atoms with Gasteiger partial charge in [-0.3, -0.25) is 0 Å². The van der Waals surface area contributed by atoms with Crippen LogP contribution in [0.5, 0.6) is 11.5 Å². The van der Waals surface area contributed by atoms with Crippen molar-refractivity contribution < 1.29 is 9.47 Å².